The van der Waals surface area contributed by atoms with Crippen LogP contribution in [0.15, 0.2) is 36.5 Å². The molecule has 0 amide bonds. The maximum Gasteiger partial charge on any atom is 0.0704 e. The summed E-state index contributed by atoms with van der Waals surface area (Å²) in [6, 6.07) is 10.6. The van der Waals surface area contributed by atoms with E-state index in [-0.39, 0.29) is 5.54 Å². The van der Waals surface area contributed by atoms with Gasteiger partial charge in [-0.15, -0.1) is 0 Å². The minimum Gasteiger partial charge on any atom is -0.314 e. The number of nitrogens with one attached hydrogen (secondary N) is 1. The molecule has 1 aromatic heterocycles. The molecule has 1 fully saturated rings. The molecule has 0 spiro atoms. The van der Waals surface area contributed by atoms with Gasteiger partial charge in [-0.05, 0) is 38.0 Å². The van der Waals surface area contributed by atoms with Crippen molar-refractivity contribution < 1.29 is 0 Å². The first-order valence-corrected chi connectivity index (χ1v) is 7.45. The Labute approximate surface area is 121 Å². The number of para-hydroxylation sites is 1. The topological polar surface area (TPSA) is 28.2 Å². The fourth-order valence-corrected chi connectivity index (χ4v) is 3.16. The summed E-state index contributed by atoms with van der Waals surface area (Å²) in [5.41, 5.74) is 2.69. The summed E-state index contributed by atoms with van der Waals surface area (Å²) in [4.78, 5) is 7.06. The van der Waals surface area contributed by atoms with Gasteiger partial charge < -0.3 is 5.32 Å². The van der Waals surface area contributed by atoms with E-state index < -0.39 is 0 Å². The van der Waals surface area contributed by atoms with Crippen LogP contribution in [0.4, 0.5) is 0 Å². The zero-order valence-electron chi connectivity index (χ0n) is 12.4. The van der Waals surface area contributed by atoms with Crippen molar-refractivity contribution >= 4 is 10.9 Å². The second-order valence-corrected chi connectivity index (χ2v) is 6.21. The largest absolute Gasteiger partial charge is 0.314 e. The molecule has 106 valence electrons. The number of hydrogen-bond acceptors (Lipinski definition) is 3. The average molecular weight is 269 g/mol. The Kier molecular flexibility index (Phi) is 3.72. The summed E-state index contributed by atoms with van der Waals surface area (Å²) in [6.45, 7) is 9.17. The van der Waals surface area contributed by atoms with Crippen LogP contribution >= 0.6 is 0 Å². The Bertz CT molecular complexity index is 580. The number of aromatic nitrogens is 1. The first kappa shape index (κ1) is 13.5. The van der Waals surface area contributed by atoms with Gasteiger partial charge in [-0.1, -0.05) is 18.2 Å². The van der Waals surface area contributed by atoms with Gasteiger partial charge in [0.05, 0.1) is 5.52 Å². The van der Waals surface area contributed by atoms with Gasteiger partial charge in [-0.3, -0.25) is 9.88 Å². The normalized spacial score (nSPS) is 17.5. The van der Waals surface area contributed by atoms with E-state index in [0.29, 0.717) is 0 Å². The molecule has 0 aliphatic carbocycles. The highest BCUT2D eigenvalue weighted by Crippen LogP contribution is 2.25. The number of hydrogen-bond donors (Lipinski definition) is 1. The van der Waals surface area contributed by atoms with Crippen molar-refractivity contribution in [2.75, 3.05) is 26.2 Å². The van der Waals surface area contributed by atoms with Crippen molar-refractivity contribution in [1.29, 1.82) is 0 Å². The highest BCUT2D eigenvalue weighted by atomic mass is 15.2. The van der Waals surface area contributed by atoms with Crippen molar-refractivity contribution in [2.45, 2.75) is 25.8 Å². The first-order chi connectivity index (χ1) is 9.67. The van der Waals surface area contributed by atoms with Crippen molar-refractivity contribution in [1.82, 2.24) is 15.2 Å². The van der Waals surface area contributed by atoms with E-state index in [0.717, 1.165) is 38.1 Å². The van der Waals surface area contributed by atoms with Crippen LogP contribution in [-0.4, -0.2) is 41.6 Å². The summed E-state index contributed by atoms with van der Waals surface area (Å²) in [6.07, 6.45) is 3.00. The van der Waals surface area contributed by atoms with Crippen LogP contribution in [-0.2, 0) is 6.42 Å². The molecular formula is C17H23N3. The Morgan fingerprint density at radius 2 is 1.90 bits per heavy atom. The summed E-state index contributed by atoms with van der Waals surface area (Å²) in [5, 5.41) is 4.72. The number of piperazine rings is 1. The van der Waals surface area contributed by atoms with Gasteiger partial charge in [0, 0.05) is 43.3 Å². The average Bonchev–Trinajstić information content (AvgIpc) is 2.48. The maximum absolute atomic E-state index is 4.46. The molecule has 0 unspecified atom stereocenters. The lowest BCUT2D eigenvalue weighted by Crippen LogP contribution is -2.54. The Balaban J connectivity index is 1.88. The van der Waals surface area contributed by atoms with E-state index in [1.807, 2.05) is 6.20 Å². The molecular weight excluding hydrogens is 246 g/mol. The summed E-state index contributed by atoms with van der Waals surface area (Å²) in [5.74, 6) is 0. The molecule has 1 aliphatic heterocycles. The highest BCUT2D eigenvalue weighted by molar-refractivity contribution is 5.81. The predicted molar refractivity (Wildman–Crippen MR) is 84.0 cm³/mol. The second kappa shape index (κ2) is 5.51. The van der Waals surface area contributed by atoms with E-state index in [9.17, 15) is 0 Å². The van der Waals surface area contributed by atoms with Gasteiger partial charge in [0.25, 0.3) is 0 Å². The first-order valence-electron chi connectivity index (χ1n) is 7.45. The molecule has 0 saturated carbocycles. The fraction of sp³-hybridized carbons (Fsp3) is 0.471. The molecule has 3 nitrogen and oxygen atoms in total. The van der Waals surface area contributed by atoms with Gasteiger partial charge in [0.2, 0.25) is 0 Å². The molecule has 1 aromatic carbocycles. The Hall–Kier alpha value is -1.45. The lowest BCUT2D eigenvalue weighted by molar-refractivity contribution is 0.104. The van der Waals surface area contributed by atoms with Crippen molar-refractivity contribution in [2.24, 2.45) is 0 Å². The zero-order valence-corrected chi connectivity index (χ0v) is 12.4. The van der Waals surface area contributed by atoms with Crippen molar-refractivity contribution in [3.63, 3.8) is 0 Å². The molecule has 2 aromatic rings. The SMILES string of the molecule is CC(C)(Cc1ccnc2ccccc12)N1CCNCC1. The van der Waals surface area contributed by atoms with Crippen LogP contribution in [0.3, 0.4) is 0 Å². The van der Waals surface area contributed by atoms with Gasteiger partial charge in [-0.25, -0.2) is 0 Å². The number of nitrogens with zero attached hydrogens (tertiary/aromatic N) is 2. The quantitative estimate of drug-likeness (QED) is 0.928. The monoisotopic (exact) mass is 269 g/mol. The van der Waals surface area contributed by atoms with Crippen LogP contribution in [0.25, 0.3) is 10.9 Å². The van der Waals surface area contributed by atoms with Crippen molar-refractivity contribution in [3.8, 4) is 0 Å². The second-order valence-electron chi connectivity index (χ2n) is 6.21. The van der Waals surface area contributed by atoms with Gasteiger partial charge in [0.1, 0.15) is 0 Å². The lowest BCUT2D eigenvalue weighted by atomic mass is 9.90. The zero-order chi connectivity index (χ0) is 14.0. The van der Waals surface area contributed by atoms with Gasteiger partial charge in [0.15, 0.2) is 0 Å². The third kappa shape index (κ3) is 2.69. The Morgan fingerprint density at radius 3 is 2.70 bits per heavy atom. The third-order valence-electron chi connectivity index (χ3n) is 4.34. The van der Waals surface area contributed by atoms with Gasteiger partial charge >= 0.3 is 0 Å². The molecule has 0 bridgehead atoms. The van der Waals surface area contributed by atoms with Gasteiger partial charge in [-0.2, -0.15) is 0 Å². The molecule has 3 rings (SSSR count). The summed E-state index contributed by atoms with van der Waals surface area (Å²) in [7, 11) is 0. The molecule has 20 heavy (non-hydrogen) atoms. The minimum absolute atomic E-state index is 0.187. The van der Waals surface area contributed by atoms with E-state index >= 15 is 0 Å². The molecule has 0 atom stereocenters. The summed E-state index contributed by atoms with van der Waals surface area (Å²) >= 11 is 0. The lowest BCUT2D eigenvalue weighted by Gasteiger charge is -2.41. The maximum atomic E-state index is 4.46. The van der Waals surface area contributed by atoms with Crippen LogP contribution in [0.1, 0.15) is 19.4 Å². The van der Waals surface area contributed by atoms with E-state index in [4.69, 9.17) is 0 Å². The van der Waals surface area contributed by atoms with Crippen LogP contribution in [0.2, 0.25) is 0 Å². The number of pyridine rings is 1. The third-order valence-corrected chi connectivity index (χ3v) is 4.34. The molecule has 1 N–H and O–H groups in total. The molecule has 2 heterocycles. The smallest absolute Gasteiger partial charge is 0.0704 e. The van der Waals surface area contributed by atoms with E-state index in [2.05, 4.69) is 59.4 Å². The number of benzene rings is 1. The van der Waals surface area contributed by atoms with E-state index in [1.54, 1.807) is 0 Å². The summed E-state index contributed by atoms with van der Waals surface area (Å²) < 4.78 is 0. The van der Waals surface area contributed by atoms with E-state index in [1.165, 1.54) is 10.9 Å². The molecule has 3 heteroatoms. The van der Waals surface area contributed by atoms with Crippen LogP contribution < -0.4 is 5.32 Å². The number of fused-ring (bicyclic) bond motifs is 1. The molecule has 0 radical (unpaired) electrons. The fourth-order valence-electron chi connectivity index (χ4n) is 3.16. The van der Waals surface area contributed by atoms with Crippen LogP contribution in [0, 0.1) is 0 Å². The van der Waals surface area contributed by atoms with Crippen molar-refractivity contribution in [3.05, 3.63) is 42.1 Å². The molecule has 1 saturated heterocycles. The Morgan fingerprint density at radius 1 is 1.15 bits per heavy atom. The highest BCUT2D eigenvalue weighted by Gasteiger charge is 2.28. The number of rotatable bonds is 3. The molecule has 1 aliphatic rings. The van der Waals surface area contributed by atoms with Crippen LogP contribution in [0.5, 0.6) is 0 Å². The minimum atomic E-state index is 0.187. The standard InChI is InChI=1S/C17H23N3/c1-17(2,20-11-9-18-10-12-20)13-14-7-8-19-16-6-4-3-5-15(14)16/h3-8,18H,9-13H2,1-2H3. The predicted octanol–water partition coefficient (Wildman–Crippen LogP) is 2.46.